The molecule has 1 aromatic carbocycles. The lowest BCUT2D eigenvalue weighted by molar-refractivity contribution is 0.625. The van der Waals surface area contributed by atoms with Gasteiger partial charge in [0.15, 0.2) is 0 Å². The molecule has 0 fully saturated rings. The number of benzene rings is 1. The van der Waals surface area contributed by atoms with E-state index in [1.54, 1.807) is 25.5 Å². The number of halogens is 1. The molecule has 25 heavy (non-hydrogen) atoms. The minimum Gasteiger partial charge on any atom is -0.387 e. The van der Waals surface area contributed by atoms with Crippen molar-refractivity contribution in [2.24, 2.45) is 0 Å². The van der Waals surface area contributed by atoms with Gasteiger partial charge in [0.25, 0.3) is 0 Å². The summed E-state index contributed by atoms with van der Waals surface area (Å²) >= 11 is 0. The minimum absolute atomic E-state index is 0.304. The Labute approximate surface area is 145 Å². The first kappa shape index (κ1) is 16.6. The summed E-state index contributed by atoms with van der Waals surface area (Å²) in [5.74, 6) is 0.385. The van der Waals surface area contributed by atoms with Crippen molar-refractivity contribution in [2.75, 3.05) is 17.7 Å². The number of pyridine rings is 1. The predicted molar refractivity (Wildman–Crippen MR) is 98.6 cm³/mol. The van der Waals surface area contributed by atoms with Gasteiger partial charge in [0.05, 0.1) is 5.69 Å². The Morgan fingerprint density at radius 1 is 1.16 bits per heavy atom. The highest BCUT2D eigenvalue weighted by molar-refractivity contribution is 5.73. The van der Waals surface area contributed by atoms with Crippen LogP contribution >= 0.6 is 0 Å². The van der Waals surface area contributed by atoms with Gasteiger partial charge in [-0.25, -0.2) is 9.37 Å². The van der Waals surface area contributed by atoms with Crippen LogP contribution in [0.25, 0.3) is 17.3 Å². The fraction of sp³-hybridized carbons (Fsp3) is 0.105. The summed E-state index contributed by atoms with van der Waals surface area (Å²) in [5.41, 5.74) is 3.66. The first-order chi connectivity index (χ1) is 12.2. The predicted octanol–water partition coefficient (Wildman–Crippen LogP) is 3.97. The quantitative estimate of drug-likeness (QED) is 0.713. The van der Waals surface area contributed by atoms with Crippen LogP contribution in [0.2, 0.25) is 0 Å². The van der Waals surface area contributed by atoms with E-state index < -0.39 is 0 Å². The number of nitrogens with one attached hydrogen (secondary N) is 2. The maximum atomic E-state index is 13.9. The van der Waals surface area contributed by atoms with Crippen LogP contribution in [0.4, 0.5) is 15.9 Å². The second kappa shape index (κ2) is 7.53. The molecule has 0 saturated heterocycles. The molecule has 2 N–H and O–H groups in total. The molecule has 0 aliphatic heterocycles. The molecular formula is C19H18FN5. The summed E-state index contributed by atoms with van der Waals surface area (Å²) in [7, 11) is 1.76. The van der Waals surface area contributed by atoms with Gasteiger partial charge in [0.1, 0.15) is 11.6 Å². The van der Waals surface area contributed by atoms with Crippen LogP contribution in [-0.4, -0.2) is 22.2 Å². The average Bonchev–Trinajstić information content (AvgIpc) is 2.67. The fourth-order valence-corrected chi connectivity index (χ4v) is 2.66. The molecular weight excluding hydrogens is 317 g/mol. The molecule has 0 aliphatic rings. The van der Waals surface area contributed by atoms with Gasteiger partial charge in [0, 0.05) is 42.8 Å². The minimum atomic E-state index is -0.304. The van der Waals surface area contributed by atoms with E-state index in [2.05, 4.69) is 32.4 Å². The van der Waals surface area contributed by atoms with E-state index in [-0.39, 0.29) is 5.82 Å². The maximum Gasteiger partial charge on any atom is 0.135 e. The van der Waals surface area contributed by atoms with Crippen molar-refractivity contribution < 1.29 is 4.39 Å². The van der Waals surface area contributed by atoms with Gasteiger partial charge in [-0.2, -0.15) is 10.2 Å². The Bertz CT molecular complexity index is 880. The molecule has 0 amide bonds. The summed E-state index contributed by atoms with van der Waals surface area (Å²) in [4.78, 5) is 4.39. The van der Waals surface area contributed by atoms with E-state index in [9.17, 15) is 4.39 Å². The third-order valence-electron chi connectivity index (χ3n) is 3.83. The molecule has 2 aromatic heterocycles. The molecule has 6 heteroatoms. The number of nitrogens with zero attached hydrogens (tertiary/aromatic N) is 3. The number of aromatic nitrogens is 3. The smallest absolute Gasteiger partial charge is 0.135 e. The molecule has 0 radical (unpaired) electrons. The average molecular weight is 335 g/mol. The molecule has 0 saturated carbocycles. The summed E-state index contributed by atoms with van der Waals surface area (Å²) in [6, 6.07) is 10.7. The van der Waals surface area contributed by atoms with Crippen molar-refractivity contribution in [3.8, 4) is 11.3 Å². The van der Waals surface area contributed by atoms with Crippen molar-refractivity contribution in [3.63, 3.8) is 0 Å². The van der Waals surface area contributed by atoms with Gasteiger partial charge in [-0.05, 0) is 35.9 Å². The highest BCUT2D eigenvalue weighted by atomic mass is 19.1. The Morgan fingerprint density at radius 3 is 2.72 bits per heavy atom. The van der Waals surface area contributed by atoms with Crippen LogP contribution in [0.1, 0.15) is 11.1 Å². The van der Waals surface area contributed by atoms with Crippen LogP contribution < -0.4 is 10.6 Å². The lowest BCUT2D eigenvalue weighted by Crippen LogP contribution is -2.07. The summed E-state index contributed by atoms with van der Waals surface area (Å²) < 4.78 is 13.9. The zero-order valence-electron chi connectivity index (χ0n) is 13.8. The second-order valence-electron chi connectivity index (χ2n) is 5.31. The van der Waals surface area contributed by atoms with Gasteiger partial charge < -0.3 is 10.6 Å². The number of anilines is 2. The molecule has 0 spiro atoms. The molecule has 3 rings (SSSR count). The third kappa shape index (κ3) is 3.47. The Balaban J connectivity index is 1.90. The van der Waals surface area contributed by atoms with Gasteiger partial charge >= 0.3 is 0 Å². The lowest BCUT2D eigenvalue weighted by atomic mass is 10.1. The first-order valence-electron chi connectivity index (χ1n) is 7.83. The van der Waals surface area contributed by atoms with Crippen LogP contribution in [0, 0.1) is 5.82 Å². The molecule has 3 aromatic rings. The second-order valence-corrected chi connectivity index (χ2v) is 5.31. The molecule has 5 nitrogen and oxygen atoms in total. The normalized spacial score (nSPS) is 10.3. The Kier molecular flexibility index (Phi) is 4.99. The van der Waals surface area contributed by atoms with Gasteiger partial charge in [0.2, 0.25) is 0 Å². The van der Waals surface area contributed by atoms with E-state index >= 15 is 0 Å². The van der Waals surface area contributed by atoms with E-state index in [0.29, 0.717) is 23.6 Å². The van der Waals surface area contributed by atoms with Crippen LogP contribution in [0.3, 0.4) is 0 Å². The number of hydrogen-bond acceptors (Lipinski definition) is 5. The van der Waals surface area contributed by atoms with Crippen molar-refractivity contribution >= 4 is 17.6 Å². The Hall–Kier alpha value is -3.28. The van der Waals surface area contributed by atoms with Crippen LogP contribution in [0.15, 0.2) is 55.4 Å². The molecule has 0 atom stereocenters. The number of hydrogen-bond donors (Lipinski definition) is 2. The zero-order valence-corrected chi connectivity index (χ0v) is 13.8. The maximum absolute atomic E-state index is 13.9. The van der Waals surface area contributed by atoms with Crippen molar-refractivity contribution in [1.82, 2.24) is 15.2 Å². The standard InChI is InChI=1S/C19H18FN5/c1-3-14-16(20)9-8-13(18(14)21-2)12-23-19-15(6-4-10-22-19)17-7-5-11-24-25-17/h3-11,21H,1,12H2,2H3,(H,22,23). The monoisotopic (exact) mass is 335 g/mol. The molecule has 126 valence electrons. The van der Waals surface area contributed by atoms with Crippen molar-refractivity contribution in [1.29, 1.82) is 0 Å². The topological polar surface area (TPSA) is 62.7 Å². The zero-order chi connectivity index (χ0) is 17.6. The summed E-state index contributed by atoms with van der Waals surface area (Å²) in [5, 5.41) is 14.4. The summed E-state index contributed by atoms with van der Waals surface area (Å²) in [6.07, 6.45) is 4.85. The molecule has 0 bridgehead atoms. The highest BCUT2D eigenvalue weighted by Gasteiger charge is 2.12. The van der Waals surface area contributed by atoms with Crippen LogP contribution in [-0.2, 0) is 6.54 Å². The molecule has 2 heterocycles. The largest absolute Gasteiger partial charge is 0.387 e. The first-order valence-corrected chi connectivity index (χ1v) is 7.83. The van der Waals surface area contributed by atoms with Gasteiger partial charge in [-0.15, -0.1) is 0 Å². The van der Waals surface area contributed by atoms with Crippen molar-refractivity contribution in [2.45, 2.75) is 6.54 Å². The van der Waals surface area contributed by atoms with E-state index in [0.717, 1.165) is 16.8 Å². The SMILES string of the molecule is C=Cc1c(F)ccc(CNc2ncccc2-c2cccnn2)c1NC. The highest BCUT2D eigenvalue weighted by Crippen LogP contribution is 2.27. The van der Waals surface area contributed by atoms with Crippen molar-refractivity contribution in [3.05, 3.63) is 72.3 Å². The molecule has 0 unspecified atom stereocenters. The summed E-state index contributed by atoms with van der Waals surface area (Å²) in [6.45, 7) is 4.16. The lowest BCUT2D eigenvalue weighted by Gasteiger charge is -2.15. The van der Waals surface area contributed by atoms with Gasteiger partial charge in [-0.1, -0.05) is 18.7 Å². The number of rotatable bonds is 6. The van der Waals surface area contributed by atoms with Gasteiger partial charge in [-0.3, -0.25) is 0 Å². The third-order valence-corrected chi connectivity index (χ3v) is 3.83. The van der Waals surface area contributed by atoms with Crippen LogP contribution in [0.5, 0.6) is 0 Å². The molecule has 0 aliphatic carbocycles. The van der Waals surface area contributed by atoms with E-state index in [1.165, 1.54) is 12.1 Å². The fourth-order valence-electron chi connectivity index (χ4n) is 2.66. The Morgan fingerprint density at radius 2 is 2.00 bits per heavy atom. The van der Waals surface area contributed by atoms with E-state index in [4.69, 9.17) is 0 Å². The van der Waals surface area contributed by atoms with E-state index in [1.807, 2.05) is 24.3 Å².